The van der Waals surface area contributed by atoms with Crippen LogP contribution in [0.15, 0.2) is 0 Å². The normalized spacial score (nSPS) is 12.8. The van der Waals surface area contributed by atoms with Crippen molar-refractivity contribution in [3.63, 3.8) is 0 Å². The average molecular weight is 826 g/mol. The van der Waals surface area contributed by atoms with Gasteiger partial charge in [0.15, 0.2) is 12.4 Å². The summed E-state index contributed by atoms with van der Waals surface area (Å²) < 4.78 is 22.5. The van der Waals surface area contributed by atoms with E-state index in [9.17, 15) is 19.5 Å². The number of hydrogen-bond donors (Lipinski definition) is 0. The van der Waals surface area contributed by atoms with Crippen molar-refractivity contribution in [2.45, 2.75) is 251 Å². The van der Waals surface area contributed by atoms with Crippen molar-refractivity contribution in [2.75, 3.05) is 47.5 Å². The molecule has 2 atom stereocenters. The fourth-order valence-corrected chi connectivity index (χ4v) is 7.24. The SMILES string of the molecule is CCCCCCCCCCCCCCCCCCCCCCCCCCC(=O)OC(COC(=O)CCCCCCCCCCC)COC(OCC[N+](C)(C)C)C(=O)[O-]. The molecule has 0 radical (unpaired) electrons. The highest BCUT2D eigenvalue weighted by atomic mass is 16.7. The number of unbranched alkanes of at least 4 members (excludes halogenated alkanes) is 31. The number of ether oxygens (including phenoxy) is 4. The monoisotopic (exact) mass is 826 g/mol. The minimum Gasteiger partial charge on any atom is -0.545 e. The Labute approximate surface area is 358 Å². The first-order valence-corrected chi connectivity index (χ1v) is 24.7. The summed E-state index contributed by atoms with van der Waals surface area (Å²) in [4.78, 5) is 36.9. The topological polar surface area (TPSA) is 111 Å². The minimum atomic E-state index is -1.61. The van der Waals surface area contributed by atoms with Crippen molar-refractivity contribution < 1.29 is 42.9 Å². The van der Waals surface area contributed by atoms with Gasteiger partial charge < -0.3 is 33.3 Å². The second-order valence-electron chi connectivity index (χ2n) is 18.1. The highest BCUT2D eigenvalue weighted by Crippen LogP contribution is 2.17. The Balaban J connectivity index is 4.16. The number of likely N-dealkylation sites (N-methyl/N-ethyl adjacent to an activating group) is 1. The number of esters is 2. The molecule has 9 nitrogen and oxygen atoms in total. The average Bonchev–Trinajstić information content (AvgIpc) is 3.18. The quantitative estimate of drug-likeness (QED) is 0.0258. The number of carboxylic acid groups (broad SMARTS) is 1. The van der Waals surface area contributed by atoms with Gasteiger partial charge in [-0.3, -0.25) is 9.59 Å². The van der Waals surface area contributed by atoms with E-state index < -0.39 is 24.3 Å². The molecule has 0 aromatic carbocycles. The van der Waals surface area contributed by atoms with Gasteiger partial charge >= 0.3 is 11.9 Å². The Hall–Kier alpha value is -1.71. The summed E-state index contributed by atoms with van der Waals surface area (Å²) in [5.41, 5.74) is 0. The fourth-order valence-electron chi connectivity index (χ4n) is 7.24. The van der Waals surface area contributed by atoms with Crippen LogP contribution < -0.4 is 5.11 Å². The molecule has 0 fully saturated rings. The highest BCUT2D eigenvalue weighted by Gasteiger charge is 2.22. The second-order valence-corrected chi connectivity index (χ2v) is 18.1. The van der Waals surface area contributed by atoms with E-state index >= 15 is 0 Å². The van der Waals surface area contributed by atoms with Gasteiger partial charge in [0.05, 0.1) is 40.3 Å². The van der Waals surface area contributed by atoms with Gasteiger partial charge in [-0.1, -0.05) is 213 Å². The van der Waals surface area contributed by atoms with E-state index in [4.69, 9.17) is 18.9 Å². The van der Waals surface area contributed by atoms with Gasteiger partial charge in [-0.05, 0) is 12.8 Å². The predicted molar refractivity (Wildman–Crippen MR) is 237 cm³/mol. The zero-order valence-electron chi connectivity index (χ0n) is 38.9. The molecule has 58 heavy (non-hydrogen) atoms. The Bertz CT molecular complexity index is 923. The van der Waals surface area contributed by atoms with Crippen LogP contribution in [0.4, 0.5) is 0 Å². The van der Waals surface area contributed by atoms with Crippen molar-refractivity contribution in [2.24, 2.45) is 0 Å². The van der Waals surface area contributed by atoms with Gasteiger partial charge in [0.2, 0.25) is 0 Å². The van der Waals surface area contributed by atoms with Crippen LogP contribution in [0.3, 0.4) is 0 Å². The molecule has 0 bridgehead atoms. The summed E-state index contributed by atoms with van der Waals surface area (Å²) in [6, 6.07) is 0. The number of rotatable bonds is 46. The Morgan fingerprint density at radius 1 is 0.448 bits per heavy atom. The van der Waals surface area contributed by atoms with Gasteiger partial charge in [-0.25, -0.2) is 0 Å². The summed E-state index contributed by atoms with van der Waals surface area (Å²) in [5.74, 6) is -2.27. The molecular weight excluding hydrogens is 731 g/mol. The number of quaternary nitrogens is 1. The Morgan fingerprint density at radius 3 is 1.10 bits per heavy atom. The van der Waals surface area contributed by atoms with Gasteiger partial charge in [-0.15, -0.1) is 0 Å². The number of nitrogens with zero attached hydrogens (tertiary/aromatic N) is 1. The summed E-state index contributed by atoms with van der Waals surface area (Å²) in [7, 11) is 5.92. The van der Waals surface area contributed by atoms with Crippen LogP contribution in [-0.4, -0.2) is 82.3 Å². The zero-order chi connectivity index (χ0) is 42.8. The van der Waals surface area contributed by atoms with Crippen LogP contribution >= 0.6 is 0 Å². The maximum absolute atomic E-state index is 12.8. The van der Waals surface area contributed by atoms with Gasteiger partial charge in [0.25, 0.3) is 0 Å². The molecule has 9 heteroatoms. The van der Waals surface area contributed by atoms with Crippen molar-refractivity contribution in [3.8, 4) is 0 Å². The molecule has 0 aromatic heterocycles. The van der Waals surface area contributed by atoms with E-state index in [1.54, 1.807) is 0 Å². The number of hydrogen-bond acceptors (Lipinski definition) is 8. The first-order chi connectivity index (χ1) is 28.1. The molecule has 0 saturated heterocycles. The lowest BCUT2D eigenvalue weighted by Crippen LogP contribution is -2.44. The molecule has 0 aliphatic heterocycles. The lowest BCUT2D eigenvalue weighted by atomic mass is 10.0. The fraction of sp³-hybridized carbons (Fsp3) is 0.939. The standard InChI is InChI=1S/C49H95NO8/c1-6-8-10-12-14-16-17-18-19-20-21-22-23-24-25-26-27-28-29-30-32-34-36-38-40-47(52)58-45(44-57-49(48(53)54)55-42-41-50(3,4)5)43-56-46(51)39-37-35-33-31-15-13-11-9-7-2/h45,49H,6-44H2,1-5H3. The number of carbonyl (C=O) groups is 3. The van der Waals surface area contributed by atoms with E-state index in [1.807, 2.05) is 21.1 Å². The smallest absolute Gasteiger partial charge is 0.306 e. The molecule has 0 spiro atoms. The minimum absolute atomic E-state index is 0.153. The third-order valence-corrected chi connectivity index (χ3v) is 11.1. The van der Waals surface area contributed by atoms with E-state index in [2.05, 4.69) is 13.8 Å². The van der Waals surface area contributed by atoms with E-state index in [-0.39, 0.29) is 32.2 Å². The maximum Gasteiger partial charge on any atom is 0.306 e. The lowest BCUT2D eigenvalue weighted by Gasteiger charge is -2.26. The van der Waals surface area contributed by atoms with Crippen molar-refractivity contribution in [3.05, 3.63) is 0 Å². The van der Waals surface area contributed by atoms with Gasteiger partial charge in [0, 0.05) is 12.8 Å². The predicted octanol–water partition coefficient (Wildman–Crippen LogP) is 12.0. The van der Waals surface area contributed by atoms with Crippen LogP contribution in [0, 0.1) is 0 Å². The Morgan fingerprint density at radius 2 is 0.776 bits per heavy atom. The first kappa shape index (κ1) is 56.3. The first-order valence-electron chi connectivity index (χ1n) is 24.7. The van der Waals surface area contributed by atoms with Crippen molar-refractivity contribution >= 4 is 17.9 Å². The van der Waals surface area contributed by atoms with Gasteiger partial charge in [-0.2, -0.15) is 0 Å². The van der Waals surface area contributed by atoms with Crippen LogP contribution in [-0.2, 0) is 33.3 Å². The summed E-state index contributed by atoms with van der Waals surface area (Å²) >= 11 is 0. The van der Waals surface area contributed by atoms with Gasteiger partial charge in [0.1, 0.15) is 13.2 Å². The van der Waals surface area contributed by atoms with E-state index in [0.717, 1.165) is 38.5 Å². The van der Waals surface area contributed by atoms with Crippen LogP contribution in [0.5, 0.6) is 0 Å². The maximum atomic E-state index is 12.8. The molecule has 0 rings (SSSR count). The largest absolute Gasteiger partial charge is 0.545 e. The summed E-state index contributed by atoms with van der Waals surface area (Å²) in [5, 5.41) is 11.7. The van der Waals surface area contributed by atoms with Crippen LogP contribution in [0.1, 0.15) is 239 Å². The van der Waals surface area contributed by atoms with E-state index in [0.29, 0.717) is 17.4 Å². The number of aliphatic carboxylic acids is 1. The summed E-state index contributed by atoms with van der Waals surface area (Å²) in [6.45, 7) is 4.76. The van der Waals surface area contributed by atoms with Crippen LogP contribution in [0.25, 0.3) is 0 Å². The lowest BCUT2D eigenvalue weighted by molar-refractivity contribution is -0.870. The molecule has 0 aromatic rings. The van der Waals surface area contributed by atoms with Crippen LogP contribution in [0.2, 0.25) is 0 Å². The molecule has 0 aliphatic carbocycles. The Kier molecular flexibility index (Phi) is 40.8. The van der Waals surface area contributed by atoms with Crippen molar-refractivity contribution in [1.29, 1.82) is 0 Å². The molecule has 2 unspecified atom stereocenters. The number of carboxylic acids is 1. The molecule has 344 valence electrons. The molecule has 0 heterocycles. The molecular formula is C49H95NO8. The molecule has 0 amide bonds. The van der Waals surface area contributed by atoms with E-state index in [1.165, 1.54) is 173 Å². The molecule has 0 saturated carbocycles. The highest BCUT2D eigenvalue weighted by molar-refractivity contribution is 5.70. The second kappa shape index (κ2) is 42.0. The number of carbonyl (C=O) groups excluding carboxylic acids is 3. The molecule has 0 aliphatic rings. The third kappa shape index (κ3) is 42.4. The van der Waals surface area contributed by atoms with Crippen molar-refractivity contribution in [1.82, 2.24) is 0 Å². The zero-order valence-corrected chi connectivity index (χ0v) is 38.9. The molecule has 0 N–H and O–H groups in total. The summed E-state index contributed by atoms with van der Waals surface area (Å²) in [6.07, 6.45) is 40.1. The third-order valence-electron chi connectivity index (χ3n) is 11.1.